The molecule has 6 nitrogen and oxygen atoms in total. The molecule has 3 aromatic rings. The van der Waals surface area contributed by atoms with Gasteiger partial charge in [0.25, 0.3) is 0 Å². The van der Waals surface area contributed by atoms with Gasteiger partial charge < -0.3 is 15.2 Å². The molecule has 3 aromatic carbocycles. The van der Waals surface area contributed by atoms with E-state index >= 15 is 0 Å². The molecule has 0 spiro atoms. The van der Waals surface area contributed by atoms with Crippen molar-refractivity contribution in [2.24, 2.45) is 4.99 Å². The van der Waals surface area contributed by atoms with Crippen LogP contribution in [-0.2, 0) is 16.8 Å². The molecule has 196 valence electrons. The minimum atomic E-state index is -1.19. The molecular weight excluding hydrogens is 488 g/mol. The lowest BCUT2D eigenvalue weighted by atomic mass is 9.64. The van der Waals surface area contributed by atoms with Gasteiger partial charge in [0.05, 0.1) is 16.8 Å². The molecule has 0 unspecified atom stereocenters. The Labute approximate surface area is 228 Å². The molecular formula is C33H30N2O4. The fourth-order valence-electron chi connectivity index (χ4n) is 5.38. The van der Waals surface area contributed by atoms with Crippen molar-refractivity contribution in [1.82, 2.24) is 0 Å². The topological polar surface area (TPSA) is 88.0 Å². The van der Waals surface area contributed by atoms with Crippen LogP contribution in [0.25, 0.3) is 5.57 Å². The number of anilines is 1. The number of esters is 1. The summed E-state index contributed by atoms with van der Waals surface area (Å²) in [6.45, 7) is 4.38. The summed E-state index contributed by atoms with van der Waals surface area (Å²) in [5.74, 6) is -1.87. The van der Waals surface area contributed by atoms with Crippen molar-refractivity contribution in [3.05, 3.63) is 129 Å². The van der Waals surface area contributed by atoms with Crippen molar-refractivity contribution in [3.63, 3.8) is 0 Å². The summed E-state index contributed by atoms with van der Waals surface area (Å²) in [6, 6.07) is 20.4. The predicted octanol–water partition coefficient (Wildman–Crippen LogP) is 6.44. The van der Waals surface area contributed by atoms with Crippen LogP contribution in [0.5, 0.6) is 0 Å². The zero-order valence-electron chi connectivity index (χ0n) is 22.4. The number of carboxylic acids is 1. The number of nitrogens with zero attached hydrogens (tertiary/aromatic N) is 1. The van der Waals surface area contributed by atoms with Crippen LogP contribution in [0, 0.1) is 0 Å². The second-order valence-corrected chi connectivity index (χ2v) is 10.1. The highest BCUT2D eigenvalue weighted by molar-refractivity contribution is 6.12. The number of hydrogen-bond donors (Lipinski definition) is 2. The van der Waals surface area contributed by atoms with Gasteiger partial charge in [-0.05, 0) is 69.3 Å². The number of rotatable bonds is 6. The van der Waals surface area contributed by atoms with Crippen molar-refractivity contribution in [3.8, 4) is 0 Å². The highest BCUT2D eigenvalue weighted by Crippen LogP contribution is 2.51. The van der Waals surface area contributed by atoms with Crippen LogP contribution >= 0.6 is 0 Å². The van der Waals surface area contributed by atoms with Crippen LogP contribution in [0.1, 0.15) is 56.8 Å². The molecule has 2 N–H and O–H groups in total. The van der Waals surface area contributed by atoms with Crippen LogP contribution in [0.15, 0.2) is 101 Å². The Morgan fingerprint density at radius 3 is 2.44 bits per heavy atom. The van der Waals surface area contributed by atoms with Gasteiger partial charge in [0.1, 0.15) is 6.61 Å². The molecule has 0 saturated heterocycles. The van der Waals surface area contributed by atoms with E-state index in [0.717, 1.165) is 44.8 Å². The minimum Gasteiger partial charge on any atom is -0.478 e. The molecule has 0 saturated carbocycles. The van der Waals surface area contributed by atoms with E-state index in [1.54, 1.807) is 19.2 Å². The molecule has 0 amide bonds. The van der Waals surface area contributed by atoms with Crippen molar-refractivity contribution in [1.29, 1.82) is 0 Å². The van der Waals surface area contributed by atoms with Gasteiger partial charge in [0, 0.05) is 25.2 Å². The number of allylic oxidation sites excluding steroid dienone is 5. The molecule has 0 radical (unpaired) electrons. The molecule has 6 heteroatoms. The average molecular weight is 519 g/mol. The first-order valence-electron chi connectivity index (χ1n) is 12.8. The van der Waals surface area contributed by atoms with Gasteiger partial charge in [-0.2, -0.15) is 0 Å². The van der Waals surface area contributed by atoms with Gasteiger partial charge in [0.2, 0.25) is 0 Å². The summed E-state index contributed by atoms with van der Waals surface area (Å²) >= 11 is 0. The van der Waals surface area contributed by atoms with Crippen LogP contribution < -0.4 is 5.32 Å². The number of carbonyl (C=O) groups excluding carboxylic acids is 1. The average Bonchev–Trinajstić information content (AvgIpc) is 2.96. The summed E-state index contributed by atoms with van der Waals surface area (Å²) in [7, 11) is 3.62. The van der Waals surface area contributed by atoms with Gasteiger partial charge >= 0.3 is 11.9 Å². The molecule has 39 heavy (non-hydrogen) atoms. The van der Waals surface area contributed by atoms with Gasteiger partial charge in [0.15, 0.2) is 0 Å². The second kappa shape index (κ2) is 10.2. The normalized spacial score (nSPS) is 16.3. The molecule has 0 bridgehead atoms. The monoisotopic (exact) mass is 518 g/mol. The molecule has 0 atom stereocenters. The summed E-state index contributed by atoms with van der Waals surface area (Å²) in [5.41, 5.74) is 7.33. The number of carboxylic acid groups (broad SMARTS) is 1. The van der Waals surface area contributed by atoms with E-state index in [1.165, 1.54) is 6.07 Å². The number of fused-ring (bicyclic) bond motifs is 2. The first-order chi connectivity index (χ1) is 18.8. The smallest absolute Gasteiger partial charge is 0.339 e. The van der Waals surface area contributed by atoms with Crippen LogP contribution in [0.4, 0.5) is 5.69 Å². The summed E-state index contributed by atoms with van der Waals surface area (Å²) in [6.07, 6.45) is 5.98. The third-order valence-corrected chi connectivity index (χ3v) is 7.44. The van der Waals surface area contributed by atoms with E-state index in [1.807, 2.05) is 61.7 Å². The fourth-order valence-corrected chi connectivity index (χ4v) is 5.38. The lowest BCUT2D eigenvalue weighted by Gasteiger charge is -2.39. The standard InChI is InChI=1S/C33H30N2O4/c1-33(2)27-17-21(34-3)13-15-23(27)29(24-16-14-22(35-4)18-28(24)33)25-11-8-12-26(30(25)31(36)37)32(38)39-19-20-9-6-5-7-10-20/h5-18,34H,19H2,1-4H3,(H,36,37). The Balaban J connectivity index is 1.72. The lowest BCUT2D eigenvalue weighted by molar-refractivity contribution is 0.0463. The van der Waals surface area contributed by atoms with Crippen molar-refractivity contribution in [2.45, 2.75) is 25.9 Å². The van der Waals surface area contributed by atoms with Gasteiger partial charge in [-0.1, -0.05) is 68.5 Å². The maximum Gasteiger partial charge on any atom is 0.339 e. The van der Waals surface area contributed by atoms with E-state index in [2.05, 4.69) is 36.3 Å². The van der Waals surface area contributed by atoms with Crippen LogP contribution in [0.2, 0.25) is 0 Å². The number of aliphatic imine (C=N–C) groups is 1. The number of nitrogens with one attached hydrogen (secondary N) is 1. The van der Waals surface area contributed by atoms with Gasteiger partial charge in [-0.15, -0.1) is 0 Å². The maximum atomic E-state index is 13.2. The van der Waals surface area contributed by atoms with Crippen molar-refractivity contribution >= 4 is 28.9 Å². The van der Waals surface area contributed by atoms with Crippen molar-refractivity contribution in [2.75, 3.05) is 19.4 Å². The van der Waals surface area contributed by atoms with E-state index in [4.69, 9.17) is 4.74 Å². The zero-order chi connectivity index (χ0) is 27.7. The Hall–Kier alpha value is -4.71. The van der Waals surface area contributed by atoms with E-state index in [9.17, 15) is 14.7 Å². The van der Waals surface area contributed by atoms with Crippen LogP contribution in [-0.4, -0.2) is 36.9 Å². The molecule has 0 heterocycles. The third kappa shape index (κ3) is 4.59. The highest BCUT2D eigenvalue weighted by Gasteiger charge is 2.39. The Morgan fingerprint density at radius 1 is 0.974 bits per heavy atom. The number of aromatic carboxylic acids is 1. The fraction of sp³-hybridized carbons (Fsp3) is 0.182. The summed E-state index contributed by atoms with van der Waals surface area (Å²) < 4.78 is 5.55. The Bertz CT molecular complexity index is 1610. The second-order valence-electron chi connectivity index (χ2n) is 10.1. The van der Waals surface area contributed by atoms with E-state index in [0.29, 0.717) is 5.56 Å². The van der Waals surface area contributed by atoms with Gasteiger partial charge in [-0.25, -0.2) is 9.59 Å². The third-order valence-electron chi connectivity index (χ3n) is 7.44. The molecule has 2 aliphatic rings. The van der Waals surface area contributed by atoms with Gasteiger partial charge in [-0.3, -0.25) is 4.99 Å². The SMILES string of the molecule is CN=C1C=CC2=C(c3cccc(C(=O)OCc4ccccc4)c3C(=O)O)c3ccc(NC)cc3C(C)(C)C2=C1. The van der Waals surface area contributed by atoms with E-state index in [-0.39, 0.29) is 23.1 Å². The van der Waals surface area contributed by atoms with Crippen LogP contribution in [0.3, 0.4) is 0 Å². The first-order valence-corrected chi connectivity index (χ1v) is 12.8. The summed E-state index contributed by atoms with van der Waals surface area (Å²) in [4.78, 5) is 30.4. The quantitative estimate of drug-likeness (QED) is 0.367. The maximum absolute atomic E-state index is 13.2. The van der Waals surface area contributed by atoms with E-state index < -0.39 is 11.9 Å². The van der Waals surface area contributed by atoms with Crippen molar-refractivity contribution < 1.29 is 19.4 Å². The first kappa shape index (κ1) is 25.9. The Kier molecular flexibility index (Phi) is 6.79. The number of hydrogen-bond acceptors (Lipinski definition) is 5. The molecule has 0 fully saturated rings. The predicted molar refractivity (Wildman–Crippen MR) is 155 cm³/mol. The summed E-state index contributed by atoms with van der Waals surface area (Å²) in [5, 5.41) is 13.6. The Morgan fingerprint density at radius 2 is 1.74 bits per heavy atom. The molecule has 5 rings (SSSR count). The minimum absolute atomic E-state index is 0.0170. The highest BCUT2D eigenvalue weighted by atomic mass is 16.5. The number of benzene rings is 3. The largest absolute Gasteiger partial charge is 0.478 e. The zero-order valence-corrected chi connectivity index (χ0v) is 22.4. The molecule has 0 aromatic heterocycles. The number of carbonyl (C=O) groups is 2. The number of ether oxygens (including phenoxy) is 1. The lowest BCUT2D eigenvalue weighted by Crippen LogP contribution is -2.30. The molecule has 2 aliphatic carbocycles. The molecule has 0 aliphatic heterocycles.